The minimum atomic E-state index is -0.348. The summed E-state index contributed by atoms with van der Waals surface area (Å²) >= 11 is 0. The van der Waals surface area contributed by atoms with Crippen molar-refractivity contribution in [1.82, 2.24) is 5.32 Å². The average molecular weight is 327 g/mol. The molecule has 0 radical (unpaired) electrons. The highest BCUT2D eigenvalue weighted by Gasteiger charge is 2.26. The van der Waals surface area contributed by atoms with Crippen LogP contribution in [0.2, 0.25) is 0 Å². The molecular formula is C19H21NO4. The Morgan fingerprint density at radius 1 is 1.08 bits per heavy atom. The highest BCUT2D eigenvalue weighted by molar-refractivity contribution is 5.77. The predicted octanol–water partition coefficient (Wildman–Crippen LogP) is 2.46. The van der Waals surface area contributed by atoms with Crippen LogP contribution in [0.25, 0.3) is 0 Å². The summed E-state index contributed by atoms with van der Waals surface area (Å²) in [5.74, 6) is 1.14. The molecule has 5 nitrogen and oxygen atoms in total. The van der Waals surface area contributed by atoms with E-state index in [1.165, 1.54) is 0 Å². The van der Waals surface area contributed by atoms with Crippen molar-refractivity contribution in [2.75, 3.05) is 14.2 Å². The van der Waals surface area contributed by atoms with Crippen LogP contribution in [0.3, 0.4) is 0 Å². The number of methoxy groups -OCH3 is 2. The van der Waals surface area contributed by atoms with Gasteiger partial charge in [-0.15, -0.1) is 0 Å². The van der Waals surface area contributed by atoms with Gasteiger partial charge in [0.2, 0.25) is 0 Å². The van der Waals surface area contributed by atoms with Crippen LogP contribution in [-0.2, 0) is 29.1 Å². The summed E-state index contributed by atoms with van der Waals surface area (Å²) in [4.78, 5) is 12.3. The molecule has 3 rings (SSSR count). The van der Waals surface area contributed by atoms with Crippen LogP contribution in [-0.4, -0.2) is 26.2 Å². The van der Waals surface area contributed by atoms with Crippen LogP contribution < -0.4 is 14.8 Å². The fourth-order valence-electron chi connectivity index (χ4n) is 2.84. The van der Waals surface area contributed by atoms with Gasteiger partial charge in [-0.1, -0.05) is 30.3 Å². The van der Waals surface area contributed by atoms with Crippen LogP contribution in [0.1, 0.15) is 16.7 Å². The van der Waals surface area contributed by atoms with Crippen molar-refractivity contribution in [2.45, 2.75) is 25.6 Å². The number of carbonyl (C=O) groups is 1. The fourth-order valence-corrected chi connectivity index (χ4v) is 2.84. The summed E-state index contributed by atoms with van der Waals surface area (Å²) in [6.45, 7) is 0.886. The average Bonchev–Trinajstić information content (AvgIpc) is 2.65. The van der Waals surface area contributed by atoms with Gasteiger partial charge in [-0.2, -0.15) is 0 Å². The summed E-state index contributed by atoms with van der Waals surface area (Å²) in [5, 5.41) is 3.23. The van der Waals surface area contributed by atoms with Crippen molar-refractivity contribution in [2.24, 2.45) is 0 Å². The lowest BCUT2D eigenvalue weighted by molar-refractivity contribution is -0.147. The Labute approximate surface area is 141 Å². The molecule has 2 aromatic carbocycles. The number of hydrogen-bond donors (Lipinski definition) is 1. The second kappa shape index (κ2) is 7.36. The first-order valence-electron chi connectivity index (χ1n) is 7.89. The van der Waals surface area contributed by atoms with Gasteiger partial charge in [0.05, 0.1) is 14.2 Å². The van der Waals surface area contributed by atoms with Crippen LogP contribution in [0.5, 0.6) is 11.5 Å². The topological polar surface area (TPSA) is 56.8 Å². The van der Waals surface area contributed by atoms with Gasteiger partial charge in [-0.25, -0.2) is 0 Å². The molecule has 0 spiro atoms. The number of carbonyl (C=O) groups excluding carboxylic acids is 1. The lowest BCUT2D eigenvalue weighted by Crippen LogP contribution is -2.42. The summed E-state index contributed by atoms with van der Waals surface area (Å²) in [6.07, 6.45) is 0.573. The Hall–Kier alpha value is -2.53. The molecule has 0 saturated carbocycles. The lowest BCUT2D eigenvalue weighted by atomic mass is 9.95. The molecule has 1 heterocycles. The number of fused-ring (bicyclic) bond motifs is 1. The summed E-state index contributed by atoms with van der Waals surface area (Å²) in [6, 6.07) is 13.2. The molecule has 2 aromatic rings. The smallest absolute Gasteiger partial charge is 0.323 e. The van der Waals surface area contributed by atoms with Gasteiger partial charge in [-0.3, -0.25) is 4.79 Å². The van der Waals surface area contributed by atoms with E-state index in [0.29, 0.717) is 24.5 Å². The largest absolute Gasteiger partial charge is 0.493 e. The quantitative estimate of drug-likeness (QED) is 0.855. The van der Waals surface area contributed by atoms with Crippen molar-refractivity contribution in [3.63, 3.8) is 0 Å². The molecule has 0 aromatic heterocycles. The highest BCUT2D eigenvalue weighted by atomic mass is 16.5. The maximum atomic E-state index is 12.3. The number of esters is 1. The van der Waals surface area contributed by atoms with Gasteiger partial charge < -0.3 is 19.5 Å². The molecule has 0 fully saturated rings. The SMILES string of the molecule is COc1cc2c(cc1OC)C[C@H](C(=O)OCc1ccccc1)NC2. The minimum Gasteiger partial charge on any atom is -0.493 e. The third-order valence-corrected chi connectivity index (χ3v) is 4.18. The van der Waals surface area contributed by atoms with Crippen LogP contribution in [0.15, 0.2) is 42.5 Å². The van der Waals surface area contributed by atoms with E-state index in [4.69, 9.17) is 14.2 Å². The number of rotatable bonds is 5. The third-order valence-electron chi connectivity index (χ3n) is 4.18. The molecule has 24 heavy (non-hydrogen) atoms. The first-order chi connectivity index (χ1) is 11.7. The zero-order valence-corrected chi connectivity index (χ0v) is 13.9. The van der Waals surface area contributed by atoms with Crippen molar-refractivity contribution in [1.29, 1.82) is 0 Å². The second-order valence-corrected chi connectivity index (χ2v) is 5.71. The van der Waals surface area contributed by atoms with Gasteiger partial charge in [-0.05, 0) is 35.2 Å². The van der Waals surface area contributed by atoms with Crippen LogP contribution in [0, 0.1) is 0 Å². The Balaban J connectivity index is 1.66. The predicted molar refractivity (Wildman–Crippen MR) is 90.1 cm³/mol. The molecule has 0 unspecified atom stereocenters. The van der Waals surface area contributed by atoms with Gasteiger partial charge in [0, 0.05) is 6.54 Å². The van der Waals surface area contributed by atoms with E-state index in [-0.39, 0.29) is 18.6 Å². The Morgan fingerprint density at radius 3 is 2.42 bits per heavy atom. The first kappa shape index (κ1) is 16.3. The Bertz CT molecular complexity index is 715. The number of hydrogen-bond acceptors (Lipinski definition) is 5. The Kier molecular flexibility index (Phi) is 5.01. The first-order valence-corrected chi connectivity index (χ1v) is 7.89. The molecule has 1 aliphatic rings. The monoisotopic (exact) mass is 327 g/mol. The number of ether oxygens (including phenoxy) is 3. The van der Waals surface area contributed by atoms with Gasteiger partial charge in [0.15, 0.2) is 11.5 Å². The van der Waals surface area contributed by atoms with Gasteiger partial charge in [0.1, 0.15) is 12.6 Å². The molecule has 126 valence electrons. The van der Waals surface area contributed by atoms with E-state index in [9.17, 15) is 4.79 Å². The maximum Gasteiger partial charge on any atom is 0.323 e. The third kappa shape index (κ3) is 3.51. The molecule has 0 amide bonds. The van der Waals surface area contributed by atoms with E-state index in [2.05, 4.69) is 5.32 Å². The molecular weight excluding hydrogens is 306 g/mol. The zero-order chi connectivity index (χ0) is 16.9. The van der Waals surface area contributed by atoms with Crippen LogP contribution >= 0.6 is 0 Å². The van der Waals surface area contributed by atoms with E-state index >= 15 is 0 Å². The Morgan fingerprint density at radius 2 is 1.75 bits per heavy atom. The standard InChI is InChI=1S/C19H21NO4/c1-22-17-9-14-8-16(20-11-15(14)10-18(17)23-2)19(21)24-12-13-6-4-3-5-7-13/h3-7,9-10,16,20H,8,11-12H2,1-2H3/t16-/m1/s1. The van der Waals surface area contributed by atoms with Crippen molar-refractivity contribution in [3.8, 4) is 11.5 Å². The van der Waals surface area contributed by atoms with E-state index in [0.717, 1.165) is 16.7 Å². The zero-order valence-electron chi connectivity index (χ0n) is 13.9. The maximum absolute atomic E-state index is 12.3. The van der Waals surface area contributed by atoms with E-state index < -0.39 is 0 Å². The highest BCUT2D eigenvalue weighted by Crippen LogP contribution is 2.32. The molecule has 1 atom stereocenters. The van der Waals surface area contributed by atoms with Crippen molar-refractivity contribution in [3.05, 3.63) is 59.2 Å². The van der Waals surface area contributed by atoms with E-state index in [1.54, 1.807) is 14.2 Å². The minimum absolute atomic E-state index is 0.237. The lowest BCUT2D eigenvalue weighted by Gasteiger charge is -2.26. The normalized spacial score (nSPS) is 16.2. The molecule has 0 saturated heterocycles. The van der Waals surface area contributed by atoms with E-state index in [1.807, 2.05) is 42.5 Å². The van der Waals surface area contributed by atoms with Gasteiger partial charge in [0.25, 0.3) is 0 Å². The molecule has 5 heteroatoms. The summed E-state index contributed by atoms with van der Waals surface area (Å²) < 4.78 is 16.1. The number of nitrogens with one attached hydrogen (secondary N) is 1. The molecule has 0 aliphatic carbocycles. The van der Waals surface area contributed by atoms with Crippen molar-refractivity contribution >= 4 is 5.97 Å². The summed E-state index contributed by atoms with van der Waals surface area (Å²) in [5.41, 5.74) is 3.17. The summed E-state index contributed by atoms with van der Waals surface area (Å²) in [7, 11) is 3.22. The van der Waals surface area contributed by atoms with Gasteiger partial charge >= 0.3 is 5.97 Å². The molecule has 1 aliphatic heterocycles. The van der Waals surface area contributed by atoms with Crippen LogP contribution in [0.4, 0.5) is 0 Å². The fraction of sp³-hybridized carbons (Fsp3) is 0.316. The van der Waals surface area contributed by atoms with Crippen molar-refractivity contribution < 1.29 is 19.0 Å². The second-order valence-electron chi connectivity index (χ2n) is 5.71. The molecule has 1 N–H and O–H groups in total. The number of benzene rings is 2. The molecule has 0 bridgehead atoms.